The first-order chi connectivity index (χ1) is 11.6. The van der Waals surface area contributed by atoms with E-state index < -0.39 is 0 Å². The van der Waals surface area contributed by atoms with Crippen LogP contribution in [0, 0.1) is 0 Å². The molecule has 0 bridgehead atoms. The van der Waals surface area contributed by atoms with E-state index in [4.69, 9.17) is 14.9 Å². The molecule has 128 valence electrons. The predicted molar refractivity (Wildman–Crippen MR) is 94.1 cm³/mol. The molecule has 1 aromatic carbocycles. The fraction of sp³-hybridized carbons (Fsp3) is 0.421. The lowest BCUT2D eigenvalue weighted by Crippen LogP contribution is -2.38. The van der Waals surface area contributed by atoms with E-state index in [1.54, 1.807) is 31.4 Å². The second kappa shape index (κ2) is 6.99. The quantitative estimate of drug-likeness (QED) is 0.863. The number of ether oxygens (including phenoxy) is 1. The van der Waals surface area contributed by atoms with Crippen molar-refractivity contribution in [2.45, 2.75) is 38.1 Å². The van der Waals surface area contributed by atoms with Crippen molar-refractivity contribution in [2.75, 3.05) is 19.9 Å². The van der Waals surface area contributed by atoms with Gasteiger partial charge in [0.15, 0.2) is 5.76 Å². The standard InChI is InChI=1S/C19H24N2O3/c1-21(14-6-4-3-5-7-14)19(22)17-11-10-16(24-17)15-9-8-13(20)12-18(15)23-2/h8-12,14H,3-7,20H2,1-2H3. The van der Waals surface area contributed by atoms with Crippen LogP contribution in [-0.4, -0.2) is 31.0 Å². The molecule has 1 amide bonds. The molecule has 1 aliphatic carbocycles. The van der Waals surface area contributed by atoms with Crippen LogP contribution < -0.4 is 10.5 Å². The van der Waals surface area contributed by atoms with Crippen LogP contribution in [0.4, 0.5) is 5.69 Å². The molecule has 0 radical (unpaired) electrons. The normalized spacial score (nSPS) is 15.2. The minimum atomic E-state index is -0.0671. The average molecular weight is 328 g/mol. The summed E-state index contributed by atoms with van der Waals surface area (Å²) in [5.74, 6) is 1.52. The smallest absolute Gasteiger partial charge is 0.289 e. The molecule has 24 heavy (non-hydrogen) atoms. The Bertz CT molecular complexity index is 717. The van der Waals surface area contributed by atoms with E-state index >= 15 is 0 Å². The molecule has 1 aromatic heterocycles. The number of anilines is 1. The molecule has 0 spiro atoms. The van der Waals surface area contributed by atoms with Gasteiger partial charge < -0.3 is 19.8 Å². The number of nitrogen functional groups attached to an aromatic ring is 1. The lowest BCUT2D eigenvalue weighted by Gasteiger charge is -2.30. The first-order valence-corrected chi connectivity index (χ1v) is 8.41. The summed E-state index contributed by atoms with van der Waals surface area (Å²) < 4.78 is 11.2. The third-order valence-corrected chi connectivity index (χ3v) is 4.75. The molecular formula is C19H24N2O3. The van der Waals surface area contributed by atoms with Gasteiger partial charge in [0, 0.05) is 24.8 Å². The Morgan fingerprint density at radius 2 is 1.96 bits per heavy atom. The van der Waals surface area contributed by atoms with Crippen molar-refractivity contribution in [3.8, 4) is 17.1 Å². The van der Waals surface area contributed by atoms with E-state index in [0.29, 0.717) is 29.0 Å². The highest BCUT2D eigenvalue weighted by atomic mass is 16.5. The Morgan fingerprint density at radius 1 is 1.21 bits per heavy atom. The number of amides is 1. The van der Waals surface area contributed by atoms with Crippen molar-refractivity contribution in [1.29, 1.82) is 0 Å². The minimum absolute atomic E-state index is 0.0671. The van der Waals surface area contributed by atoms with Gasteiger partial charge in [0.05, 0.1) is 12.7 Å². The zero-order valence-corrected chi connectivity index (χ0v) is 14.2. The molecule has 5 nitrogen and oxygen atoms in total. The maximum Gasteiger partial charge on any atom is 0.289 e. The van der Waals surface area contributed by atoms with Gasteiger partial charge in [0.1, 0.15) is 11.5 Å². The molecule has 2 aromatic rings. The van der Waals surface area contributed by atoms with Crippen molar-refractivity contribution >= 4 is 11.6 Å². The average Bonchev–Trinajstić information content (AvgIpc) is 3.10. The van der Waals surface area contributed by atoms with E-state index in [2.05, 4.69) is 0 Å². The zero-order chi connectivity index (χ0) is 17.1. The van der Waals surface area contributed by atoms with Gasteiger partial charge in [-0.3, -0.25) is 4.79 Å². The summed E-state index contributed by atoms with van der Waals surface area (Å²) in [6, 6.07) is 9.21. The number of rotatable bonds is 4. The van der Waals surface area contributed by atoms with Gasteiger partial charge in [-0.15, -0.1) is 0 Å². The van der Waals surface area contributed by atoms with Crippen LogP contribution in [-0.2, 0) is 0 Å². The van der Waals surface area contributed by atoms with Gasteiger partial charge in [0.2, 0.25) is 0 Å². The fourth-order valence-electron chi connectivity index (χ4n) is 3.32. The molecule has 0 atom stereocenters. The maximum absolute atomic E-state index is 12.7. The molecule has 0 saturated heterocycles. The van der Waals surface area contributed by atoms with Crippen LogP contribution in [0.2, 0.25) is 0 Å². The molecule has 0 aliphatic heterocycles. The van der Waals surface area contributed by atoms with Gasteiger partial charge in [0.25, 0.3) is 5.91 Å². The van der Waals surface area contributed by atoms with Gasteiger partial charge in [-0.05, 0) is 37.1 Å². The molecule has 0 unspecified atom stereocenters. The Labute approximate surface area is 142 Å². The van der Waals surface area contributed by atoms with Gasteiger partial charge in [-0.25, -0.2) is 0 Å². The summed E-state index contributed by atoms with van der Waals surface area (Å²) in [6.07, 6.45) is 5.78. The largest absolute Gasteiger partial charge is 0.496 e. The van der Waals surface area contributed by atoms with Gasteiger partial charge in [-0.2, -0.15) is 0 Å². The monoisotopic (exact) mass is 328 g/mol. The van der Waals surface area contributed by atoms with Crippen LogP contribution >= 0.6 is 0 Å². The van der Waals surface area contributed by atoms with Crippen molar-refractivity contribution < 1.29 is 13.9 Å². The lowest BCUT2D eigenvalue weighted by atomic mass is 9.94. The molecule has 5 heteroatoms. The van der Waals surface area contributed by atoms with Crippen LogP contribution in [0.15, 0.2) is 34.7 Å². The number of benzene rings is 1. The highest BCUT2D eigenvalue weighted by Crippen LogP contribution is 2.33. The Hall–Kier alpha value is -2.43. The number of carbonyl (C=O) groups excluding carboxylic acids is 1. The molecule has 3 rings (SSSR count). The van der Waals surface area contributed by atoms with Crippen molar-refractivity contribution in [1.82, 2.24) is 4.90 Å². The van der Waals surface area contributed by atoms with Gasteiger partial charge >= 0.3 is 0 Å². The predicted octanol–water partition coefficient (Wildman–Crippen LogP) is 3.94. The molecular weight excluding hydrogens is 304 g/mol. The SMILES string of the molecule is COc1cc(N)ccc1-c1ccc(C(=O)N(C)C2CCCCC2)o1. The highest BCUT2D eigenvalue weighted by molar-refractivity contribution is 5.92. The number of carbonyl (C=O) groups is 1. The zero-order valence-electron chi connectivity index (χ0n) is 14.2. The Kier molecular flexibility index (Phi) is 4.79. The van der Waals surface area contributed by atoms with Crippen molar-refractivity contribution in [3.63, 3.8) is 0 Å². The molecule has 2 N–H and O–H groups in total. The number of hydrogen-bond donors (Lipinski definition) is 1. The number of nitrogens with two attached hydrogens (primary N) is 1. The minimum Gasteiger partial charge on any atom is -0.496 e. The van der Waals surface area contributed by atoms with Crippen LogP contribution in [0.1, 0.15) is 42.7 Å². The highest BCUT2D eigenvalue weighted by Gasteiger charge is 2.25. The summed E-state index contributed by atoms with van der Waals surface area (Å²) in [5.41, 5.74) is 7.19. The number of hydrogen-bond acceptors (Lipinski definition) is 4. The first kappa shape index (κ1) is 16.4. The number of methoxy groups -OCH3 is 1. The Balaban J connectivity index is 1.81. The summed E-state index contributed by atoms with van der Waals surface area (Å²) in [7, 11) is 3.45. The summed E-state index contributed by atoms with van der Waals surface area (Å²) >= 11 is 0. The van der Waals surface area contributed by atoms with Crippen molar-refractivity contribution in [3.05, 3.63) is 36.1 Å². The van der Waals surface area contributed by atoms with E-state index in [0.717, 1.165) is 18.4 Å². The van der Waals surface area contributed by atoms with Crippen LogP contribution in [0.5, 0.6) is 5.75 Å². The van der Waals surface area contributed by atoms with E-state index in [1.165, 1.54) is 19.3 Å². The topological polar surface area (TPSA) is 68.7 Å². The molecule has 1 fully saturated rings. The first-order valence-electron chi connectivity index (χ1n) is 8.41. The summed E-state index contributed by atoms with van der Waals surface area (Å²) in [6.45, 7) is 0. The number of nitrogens with zero attached hydrogens (tertiary/aromatic N) is 1. The van der Waals surface area contributed by atoms with Crippen LogP contribution in [0.3, 0.4) is 0 Å². The summed E-state index contributed by atoms with van der Waals surface area (Å²) in [4.78, 5) is 14.5. The third kappa shape index (κ3) is 3.25. The van der Waals surface area contributed by atoms with E-state index in [-0.39, 0.29) is 5.91 Å². The second-order valence-corrected chi connectivity index (χ2v) is 6.33. The molecule has 1 heterocycles. The summed E-state index contributed by atoms with van der Waals surface area (Å²) in [5, 5.41) is 0. The van der Waals surface area contributed by atoms with Gasteiger partial charge in [-0.1, -0.05) is 19.3 Å². The third-order valence-electron chi connectivity index (χ3n) is 4.75. The Morgan fingerprint density at radius 3 is 2.67 bits per heavy atom. The second-order valence-electron chi connectivity index (χ2n) is 6.33. The maximum atomic E-state index is 12.7. The number of furan rings is 1. The van der Waals surface area contributed by atoms with E-state index in [1.807, 2.05) is 18.0 Å². The molecule has 1 aliphatic rings. The van der Waals surface area contributed by atoms with E-state index in [9.17, 15) is 4.79 Å². The molecule has 1 saturated carbocycles. The van der Waals surface area contributed by atoms with Crippen molar-refractivity contribution in [2.24, 2.45) is 0 Å². The fourth-order valence-corrected chi connectivity index (χ4v) is 3.32. The van der Waals surface area contributed by atoms with Crippen LogP contribution in [0.25, 0.3) is 11.3 Å². The lowest BCUT2D eigenvalue weighted by molar-refractivity contribution is 0.0665.